The number of nitro benzene ring substituents is 1. The van der Waals surface area contributed by atoms with Gasteiger partial charge in [-0.25, -0.2) is 0 Å². The highest BCUT2D eigenvalue weighted by molar-refractivity contribution is 5.69. The van der Waals surface area contributed by atoms with Gasteiger partial charge in [0.15, 0.2) is 0 Å². The highest BCUT2D eigenvalue weighted by Gasteiger charge is 2.31. The summed E-state index contributed by atoms with van der Waals surface area (Å²) in [6, 6.07) is 8.16. The summed E-state index contributed by atoms with van der Waals surface area (Å²) in [4.78, 5) is 21.7. The van der Waals surface area contributed by atoms with E-state index in [4.69, 9.17) is 4.74 Å². The number of nitrogens with zero attached hydrogens (tertiary/aromatic N) is 2. The number of carbonyl (C=O) groups is 1. The Morgan fingerprint density at radius 3 is 2.43 bits per heavy atom. The predicted octanol–water partition coefficient (Wildman–Crippen LogP) is 3.11. The lowest BCUT2D eigenvalue weighted by molar-refractivity contribution is -0.384. The van der Waals surface area contributed by atoms with E-state index in [0.29, 0.717) is 25.0 Å². The zero-order chi connectivity index (χ0) is 15.9. The number of nitriles is 1. The van der Waals surface area contributed by atoms with Gasteiger partial charge in [-0.3, -0.25) is 14.9 Å². The Hall–Kier alpha value is -2.42. The Balaban J connectivity index is 2.96. The molecular weight excluding hydrogens is 272 g/mol. The number of benzene rings is 1. The van der Waals surface area contributed by atoms with Crippen LogP contribution in [0, 0.1) is 21.4 Å². The van der Waals surface area contributed by atoms with Gasteiger partial charge in [0.2, 0.25) is 0 Å². The number of rotatable bonds is 7. The van der Waals surface area contributed by atoms with Crippen molar-refractivity contribution in [1.29, 1.82) is 5.26 Å². The number of esters is 1. The molecule has 0 fully saturated rings. The van der Waals surface area contributed by atoms with Gasteiger partial charge in [-0.1, -0.05) is 19.1 Å². The molecule has 0 N–H and O–H groups in total. The van der Waals surface area contributed by atoms with Crippen molar-refractivity contribution in [2.75, 3.05) is 6.61 Å². The summed E-state index contributed by atoms with van der Waals surface area (Å²) in [5.41, 5.74) is -0.170. The molecule has 0 amide bonds. The minimum Gasteiger partial charge on any atom is -0.466 e. The number of carbonyl (C=O) groups excluding carboxylic acids is 1. The van der Waals surface area contributed by atoms with Gasteiger partial charge in [0.05, 0.1) is 23.0 Å². The molecule has 0 aliphatic carbocycles. The van der Waals surface area contributed by atoms with Gasteiger partial charge in [-0.05, 0) is 25.3 Å². The second-order valence-corrected chi connectivity index (χ2v) is 4.66. The zero-order valence-corrected chi connectivity index (χ0v) is 12.2. The maximum absolute atomic E-state index is 11.5. The third-order valence-electron chi connectivity index (χ3n) is 3.51. The quantitative estimate of drug-likeness (QED) is 0.437. The molecular formula is C15H18N2O4. The van der Waals surface area contributed by atoms with Gasteiger partial charge in [0.25, 0.3) is 5.69 Å². The van der Waals surface area contributed by atoms with E-state index in [0.717, 1.165) is 0 Å². The van der Waals surface area contributed by atoms with Crippen LogP contribution < -0.4 is 0 Å². The number of nitro groups is 1. The fraction of sp³-hybridized carbons (Fsp3) is 0.467. The fourth-order valence-electron chi connectivity index (χ4n) is 2.18. The van der Waals surface area contributed by atoms with E-state index in [2.05, 4.69) is 6.07 Å². The lowest BCUT2D eigenvalue weighted by Gasteiger charge is -2.25. The van der Waals surface area contributed by atoms with E-state index in [1.807, 2.05) is 6.92 Å². The zero-order valence-electron chi connectivity index (χ0n) is 12.2. The molecule has 0 radical (unpaired) electrons. The fourth-order valence-corrected chi connectivity index (χ4v) is 2.18. The minimum absolute atomic E-state index is 0.0212. The van der Waals surface area contributed by atoms with Crippen molar-refractivity contribution >= 4 is 11.7 Å². The van der Waals surface area contributed by atoms with Crippen LogP contribution in [0.5, 0.6) is 0 Å². The first-order valence-electron chi connectivity index (χ1n) is 6.81. The maximum Gasteiger partial charge on any atom is 0.305 e. The van der Waals surface area contributed by atoms with Crippen LogP contribution in [0.15, 0.2) is 24.3 Å². The average Bonchev–Trinajstić information content (AvgIpc) is 2.49. The van der Waals surface area contributed by atoms with Crippen LogP contribution in [0.25, 0.3) is 0 Å². The molecule has 0 aliphatic rings. The molecule has 0 spiro atoms. The van der Waals surface area contributed by atoms with E-state index >= 15 is 0 Å². The number of ether oxygens (including phenoxy) is 1. The highest BCUT2D eigenvalue weighted by Crippen LogP contribution is 2.33. The topological polar surface area (TPSA) is 93.2 Å². The molecule has 6 nitrogen and oxygen atoms in total. The molecule has 112 valence electrons. The highest BCUT2D eigenvalue weighted by atomic mass is 16.6. The molecule has 0 aromatic heterocycles. The Morgan fingerprint density at radius 2 is 2.00 bits per heavy atom. The standard InChI is InChI=1S/C15H18N2O4/c1-3-15(11-16,10-9-14(18)21-4-2)12-5-7-13(8-6-12)17(19)20/h5-8H,3-4,9-10H2,1-2H3/t15-/m0/s1. The molecule has 1 aromatic rings. The summed E-state index contributed by atoms with van der Waals surface area (Å²) in [6.07, 6.45) is 0.990. The van der Waals surface area contributed by atoms with Crippen LogP contribution in [0.2, 0.25) is 0 Å². The minimum atomic E-state index is -0.831. The molecule has 6 heteroatoms. The van der Waals surface area contributed by atoms with Crippen LogP contribution in [-0.4, -0.2) is 17.5 Å². The molecule has 1 rings (SSSR count). The summed E-state index contributed by atoms with van der Waals surface area (Å²) >= 11 is 0. The molecule has 1 aromatic carbocycles. The summed E-state index contributed by atoms with van der Waals surface area (Å²) in [5.74, 6) is -0.340. The summed E-state index contributed by atoms with van der Waals surface area (Å²) in [5, 5.41) is 20.2. The van der Waals surface area contributed by atoms with Crippen molar-refractivity contribution in [3.05, 3.63) is 39.9 Å². The maximum atomic E-state index is 11.5. The predicted molar refractivity (Wildman–Crippen MR) is 76.5 cm³/mol. The average molecular weight is 290 g/mol. The van der Waals surface area contributed by atoms with Crippen molar-refractivity contribution < 1.29 is 14.5 Å². The van der Waals surface area contributed by atoms with Crippen LogP contribution in [0.3, 0.4) is 0 Å². The van der Waals surface area contributed by atoms with Crippen molar-refractivity contribution in [1.82, 2.24) is 0 Å². The van der Waals surface area contributed by atoms with Crippen molar-refractivity contribution in [2.24, 2.45) is 0 Å². The molecule has 0 bridgehead atoms. The lowest BCUT2D eigenvalue weighted by Crippen LogP contribution is -2.24. The van der Waals surface area contributed by atoms with E-state index < -0.39 is 10.3 Å². The van der Waals surface area contributed by atoms with E-state index in [-0.39, 0.29) is 18.1 Å². The van der Waals surface area contributed by atoms with Gasteiger partial charge in [0.1, 0.15) is 0 Å². The summed E-state index contributed by atoms with van der Waals surface area (Å²) in [7, 11) is 0. The van der Waals surface area contributed by atoms with Gasteiger partial charge < -0.3 is 4.74 Å². The first kappa shape index (κ1) is 16.6. The number of hydrogen-bond acceptors (Lipinski definition) is 5. The Morgan fingerprint density at radius 1 is 1.38 bits per heavy atom. The Bertz CT molecular complexity index is 548. The second kappa shape index (κ2) is 7.39. The van der Waals surface area contributed by atoms with Gasteiger partial charge in [-0.15, -0.1) is 0 Å². The Labute approximate surface area is 123 Å². The van der Waals surface area contributed by atoms with Crippen LogP contribution >= 0.6 is 0 Å². The van der Waals surface area contributed by atoms with Gasteiger partial charge in [0, 0.05) is 18.6 Å². The smallest absolute Gasteiger partial charge is 0.305 e. The summed E-state index contributed by atoms with van der Waals surface area (Å²) in [6.45, 7) is 3.89. The molecule has 1 atom stereocenters. The van der Waals surface area contributed by atoms with E-state index in [1.165, 1.54) is 12.1 Å². The molecule has 0 saturated carbocycles. The lowest BCUT2D eigenvalue weighted by atomic mass is 9.76. The third-order valence-corrected chi connectivity index (χ3v) is 3.51. The van der Waals surface area contributed by atoms with Crippen molar-refractivity contribution in [2.45, 2.75) is 38.5 Å². The molecule has 0 aliphatic heterocycles. The molecule has 21 heavy (non-hydrogen) atoms. The van der Waals surface area contributed by atoms with Crippen LogP contribution in [-0.2, 0) is 14.9 Å². The normalized spacial score (nSPS) is 13.0. The van der Waals surface area contributed by atoms with Crippen LogP contribution in [0.1, 0.15) is 38.7 Å². The van der Waals surface area contributed by atoms with Crippen molar-refractivity contribution in [3.63, 3.8) is 0 Å². The van der Waals surface area contributed by atoms with Gasteiger partial charge in [-0.2, -0.15) is 5.26 Å². The summed E-state index contributed by atoms with van der Waals surface area (Å²) < 4.78 is 4.88. The first-order chi connectivity index (χ1) is 9.99. The molecule has 0 unspecified atom stereocenters. The SMILES string of the molecule is CCOC(=O)CC[C@](C#N)(CC)c1ccc([N+](=O)[O-])cc1. The molecule has 0 saturated heterocycles. The monoisotopic (exact) mass is 290 g/mol. The van der Waals surface area contributed by atoms with Crippen LogP contribution in [0.4, 0.5) is 5.69 Å². The van der Waals surface area contributed by atoms with E-state index in [1.54, 1.807) is 19.1 Å². The first-order valence-corrected chi connectivity index (χ1v) is 6.81. The third kappa shape index (κ3) is 4.02. The number of non-ortho nitro benzene ring substituents is 1. The van der Waals surface area contributed by atoms with E-state index in [9.17, 15) is 20.2 Å². The van der Waals surface area contributed by atoms with Gasteiger partial charge >= 0.3 is 5.97 Å². The molecule has 0 heterocycles. The second-order valence-electron chi connectivity index (χ2n) is 4.66. The number of hydrogen-bond donors (Lipinski definition) is 0. The Kier molecular flexibility index (Phi) is 5.85. The largest absolute Gasteiger partial charge is 0.466 e. The van der Waals surface area contributed by atoms with Crippen molar-refractivity contribution in [3.8, 4) is 6.07 Å².